The van der Waals surface area contributed by atoms with E-state index in [4.69, 9.17) is 0 Å². The van der Waals surface area contributed by atoms with Crippen LogP contribution in [0.25, 0.3) is 0 Å². The molecule has 0 fully saturated rings. The Labute approximate surface area is 103 Å². The van der Waals surface area contributed by atoms with Gasteiger partial charge in [0.2, 0.25) is 0 Å². The Bertz CT molecular complexity index is 363. The molecule has 1 atom stereocenters. The summed E-state index contributed by atoms with van der Waals surface area (Å²) in [4.78, 5) is 11.1. The van der Waals surface area contributed by atoms with Crippen LogP contribution in [0.2, 0.25) is 0 Å². The van der Waals surface area contributed by atoms with E-state index in [2.05, 4.69) is 8.92 Å². The molecular formula is C9H15F3O5S. The SMILES string of the molecule is CCCCCC(OS(=O)(=O)C(F)(F)F)C(=O)OC. The van der Waals surface area contributed by atoms with Crippen molar-refractivity contribution in [3.05, 3.63) is 0 Å². The molecule has 0 aromatic heterocycles. The second kappa shape index (κ2) is 6.93. The van der Waals surface area contributed by atoms with Gasteiger partial charge in [0.1, 0.15) is 0 Å². The third kappa shape index (κ3) is 5.21. The molecule has 0 amide bonds. The molecule has 18 heavy (non-hydrogen) atoms. The van der Waals surface area contributed by atoms with Gasteiger partial charge in [-0.3, -0.25) is 0 Å². The molecule has 0 saturated carbocycles. The van der Waals surface area contributed by atoms with Gasteiger partial charge < -0.3 is 4.74 Å². The highest BCUT2D eigenvalue weighted by atomic mass is 32.2. The number of esters is 1. The normalized spacial score (nSPS) is 14.3. The van der Waals surface area contributed by atoms with E-state index < -0.39 is 27.7 Å². The van der Waals surface area contributed by atoms with Gasteiger partial charge in [0.15, 0.2) is 6.10 Å². The van der Waals surface area contributed by atoms with Crippen LogP contribution in [-0.2, 0) is 23.8 Å². The van der Waals surface area contributed by atoms with Crippen molar-refractivity contribution in [2.24, 2.45) is 0 Å². The maximum absolute atomic E-state index is 12.1. The zero-order valence-corrected chi connectivity index (χ0v) is 10.8. The fraction of sp³-hybridized carbons (Fsp3) is 0.889. The van der Waals surface area contributed by atoms with Crippen molar-refractivity contribution in [3.8, 4) is 0 Å². The largest absolute Gasteiger partial charge is 0.523 e. The van der Waals surface area contributed by atoms with Crippen molar-refractivity contribution in [1.82, 2.24) is 0 Å². The summed E-state index contributed by atoms with van der Waals surface area (Å²) in [6.45, 7) is 1.85. The highest BCUT2D eigenvalue weighted by molar-refractivity contribution is 7.87. The molecule has 0 heterocycles. The highest BCUT2D eigenvalue weighted by Gasteiger charge is 2.49. The summed E-state index contributed by atoms with van der Waals surface area (Å²) in [6.07, 6.45) is -0.129. The molecule has 0 aliphatic heterocycles. The summed E-state index contributed by atoms with van der Waals surface area (Å²) < 4.78 is 65.9. The summed E-state index contributed by atoms with van der Waals surface area (Å²) in [6, 6.07) is 0. The van der Waals surface area contributed by atoms with Gasteiger partial charge in [0.25, 0.3) is 0 Å². The molecule has 0 spiro atoms. The third-order valence-corrected chi connectivity index (χ3v) is 3.11. The number of hydrogen-bond donors (Lipinski definition) is 0. The average molecular weight is 292 g/mol. The smallest absolute Gasteiger partial charge is 0.467 e. The van der Waals surface area contributed by atoms with Crippen molar-refractivity contribution in [2.45, 2.75) is 44.2 Å². The first-order valence-electron chi connectivity index (χ1n) is 5.23. The van der Waals surface area contributed by atoms with Gasteiger partial charge in [0.05, 0.1) is 7.11 Å². The van der Waals surface area contributed by atoms with Crippen LogP contribution in [0.15, 0.2) is 0 Å². The standard InChI is InChI=1S/C9H15F3O5S/c1-3-4-5-6-7(8(13)16-2)17-18(14,15)9(10,11)12/h7H,3-6H2,1-2H3. The van der Waals surface area contributed by atoms with Crippen molar-refractivity contribution < 1.29 is 35.3 Å². The van der Waals surface area contributed by atoms with E-state index in [9.17, 15) is 26.4 Å². The maximum atomic E-state index is 12.1. The van der Waals surface area contributed by atoms with Gasteiger partial charge in [-0.05, 0) is 6.42 Å². The van der Waals surface area contributed by atoms with E-state index >= 15 is 0 Å². The fourth-order valence-electron chi connectivity index (χ4n) is 1.12. The third-order valence-electron chi connectivity index (χ3n) is 2.06. The molecule has 108 valence electrons. The molecule has 0 bridgehead atoms. The van der Waals surface area contributed by atoms with Crippen LogP contribution in [0.5, 0.6) is 0 Å². The van der Waals surface area contributed by atoms with E-state index in [0.717, 1.165) is 13.5 Å². The Morgan fingerprint density at radius 3 is 2.22 bits per heavy atom. The van der Waals surface area contributed by atoms with E-state index in [-0.39, 0.29) is 6.42 Å². The topological polar surface area (TPSA) is 69.7 Å². The number of carbonyl (C=O) groups excluding carboxylic acids is 1. The van der Waals surface area contributed by atoms with E-state index in [1.165, 1.54) is 0 Å². The molecule has 0 aromatic rings. The number of methoxy groups -OCH3 is 1. The second-order valence-electron chi connectivity index (χ2n) is 3.50. The zero-order chi connectivity index (χ0) is 14.4. The Kier molecular flexibility index (Phi) is 6.61. The molecule has 0 saturated heterocycles. The highest BCUT2D eigenvalue weighted by Crippen LogP contribution is 2.27. The van der Waals surface area contributed by atoms with Crippen LogP contribution in [-0.4, -0.2) is 33.1 Å². The molecule has 1 unspecified atom stereocenters. The van der Waals surface area contributed by atoms with Crippen LogP contribution < -0.4 is 0 Å². The van der Waals surface area contributed by atoms with E-state index in [1.54, 1.807) is 0 Å². The molecule has 5 nitrogen and oxygen atoms in total. The number of unbranched alkanes of at least 4 members (excludes halogenated alkanes) is 2. The van der Waals surface area contributed by atoms with Crippen molar-refractivity contribution in [3.63, 3.8) is 0 Å². The summed E-state index contributed by atoms with van der Waals surface area (Å²) in [5.41, 5.74) is -5.55. The lowest BCUT2D eigenvalue weighted by molar-refractivity contribution is -0.149. The molecule has 9 heteroatoms. The van der Waals surface area contributed by atoms with Crippen LogP contribution in [0.1, 0.15) is 32.6 Å². The fourth-order valence-corrected chi connectivity index (χ4v) is 1.71. The van der Waals surface area contributed by atoms with Crippen LogP contribution in [0, 0.1) is 0 Å². The summed E-state index contributed by atoms with van der Waals surface area (Å²) in [5.74, 6) is -1.14. The van der Waals surface area contributed by atoms with Crippen molar-refractivity contribution >= 4 is 16.1 Å². The minimum atomic E-state index is -5.79. The van der Waals surface area contributed by atoms with Gasteiger partial charge >= 0.3 is 21.6 Å². The molecule has 0 aromatic carbocycles. The first-order valence-corrected chi connectivity index (χ1v) is 6.64. The number of ether oxygens (including phenoxy) is 1. The molecular weight excluding hydrogens is 277 g/mol. The summed E-state index contributed by atoms with van der Waals surface area (Å²) in [7, 11) is -4.85. The van der Waals surface area contributed by atoms with E-state index in [0.29, 0.717) is 12.8 Å². The monoisotopic (exact) mass is 292 g/mol. The van der Waals surface area contributed by atoms with Crippen LogP contribution >= 0.6 is 0 Å². The van der Waals surface area contributed by atoms with Gasteiger partial charge in [-0.25, -0.2) is 8.98 Å². The van der Waals surface area contributed by atoms with Crippen LogP contribution in [0.3, 0.4) is 0 Å². The minimum Gasteiger partial charge on any atom is -0.467 e. The number of rotatable bonds is 7. The van der Waals surface area contributed by atoms with Gasteiger partial charge in [-0.15, -0.1) is 0 Å². The summed E-state index contributed by atoms with van der Waals surface area (Å²) in [5, 5.41) is 0. The Balaban J connectivity index is 4.75. The number of alkyl halides is 3. The van der Waals surface area contributed by atoms with Crippen LogP contribution in [0.4, 0.5) is 13.2 Å². The molecule has 0 N–H and O–H groups in total. The molecule has 0 radical (unpaired) electrons. The zero-order valence-electron chi connectivity index (χ0n) is 9.99. The number of carbonyl (C=O) groups is 1. The lowest BCUT2D eigenvalue weighted by Gasteiger charge is -2.16. The lowest BCUT2D eigenvalue weighted by atomic mass is 10.1. The number of halogens is 3. The van der Waals surface area contributed by atoms with E-state index in [1.807, 2.05) is 6.92 Å². The Morgan fingerprint density at radius 1 is 1.28 bits per heavy atom. The van der Waals surface area contributed by atoms with Crippen molar-refractivity contribution in [2.75, 3.05) is 7.11 Å². The molecule has 0 aliphatic rings. The minimum absolute atomic E-state index is 0.143. The van der Waals surface area contributed by atoms with Crippen molar-refractivity contribution in [1.29, 1.82) is 0 Å². The lowest BCUT2D eigenvalue weighted by Crippen LogP contribution is -2.34. The molecule has 0 aliphatic carbocycles. The summed E-state index contributed by atoms with van der Waals surface area (Å²) >= 11 is 0. The van der Waals surface area contributed by atoms with Gasteiger partial charge in [0, 0.05) is 0 Å². The molecule has 0 rings (SSSR count). The predicted molar refractivity (Wildman–Crippen MR) is 56.0 cm³/mol. The second-order valence-corrected chi connectivity index (χ2v) is 5.07. The first kappa shape index (κ1) is 17.2. The maximum Gasteiger partial charge on any atom is 0.523 e. The average Bonchev–Trinajstić information content (AvgIpc) is 2.25. The van der Waals surface area contributed by atoms with Gasteiger partial charge in [-0.2, -0.15) is 21.6 Å². The predicted octanol–water partition coefficient (Wildman–Crippen LogP) is 1.97. The first-order chi connectivity index (χ1) is 8.15. The quantitative estimate of drug-likeness (QED) is 0.310. The number of hydrogen-bond acceptors (Lipinski definition) is 5. The van der Waals surface area contributed by atoms with Gasteiger partial charge in [-0.1, -0.05) is 26.2 Å². The Morgan fingerprint density at radius 2 is 1.83 bits per heavy atom. The Hall–Kier alpha value is -0.830.